The average molecular weight is 283 g/mol. The highest BCUT2D eigenvalue weighted by molar-refractivity contribution is 9.10. The number of aliphatic hydroxyl groups is 1. The number of halogens is 2. The van der Waals surface area contributed by atoms with Crippen molar-refractivity contribution in [1.29, 1.82) is 0 Å². The summed E-state index contributed by atoms with van der Waals surface area (Å²) in [6.07, 6.45) is 0. The van der Waals surface area contributed by atoms with Gasteiger partial charge >= 0.3 is 0 Å². The molecule has 0 amide bonds. The zero-order chi connectivity index (χ0) is 10.4. The van der Waals surface area contributed by atoms with Crippen molar-refractivity contribution in [2.24, 2.45) is 0 Å². The van der Waals surface area contributed by atoms with Crippen molar-refractivity contribution < 1.29 is 17.9 Å². The molecule has 1 aromatic carbocycles. The maximum absolute atomic E-state index is 11.8. The Kier molecular flexibility index (Phi) is 5.06. The Hall–Kier alpha value is -0.460. The Labute approximate surface area is 93.8 Å². The number of ether oxygens (including phenoxy) is 1. The summed E-state index contributed by atoms with van der Waals surface area (Å²) in [7, 11) is 0. The second-order valence-corrected chi connectivity index (χ2v) is 3.46. The predicted octanol–water partition coefficient (Wildman–Crippen LogP) is 2.73. The fourth-order valence-corrected chi connectivity index (χ4v) is 1.38. The highest BCUT2D eigenvalue weighted by Crippen LogP contribution is 2.30. The van der Waals surface area contributed by atoms with Crippen LogP contribution in [0.1, 0.15) is 0 Å². The molecule has 0 bridgehead atoms. The first kappa shape index (κ1) is 11.6. The quantitative estimate of drug-likeness (QED) is 0.843. The van der Waals surface area contributed by atoms with Gasteiger partial charge in [-0.25, -0.2) is 0 Å². The molecule has 78 valence electrons. The third-order valence-electron chi connectivity index (χ3n) is 1.38. The van der Waals surface area contributed by atoms with Gasteiger partial charge in [-0.05, 0) is 28.1 Å². The SMILES string of the molecule is OCCOc1cc(OSF)ccc1Br. The number of benzene rings is 1. The summed E-state index contributed by atoms with van der Waals surface area (Å²) < 4.78 is 22.2. The first-order chi connectivity index (χ1) is 6.77. The largest absolute Gasteiger partial charge is 0.490 e. The molecule has 0 atom stereocenters. The molecule has 3 nitrogen and oxygen atoms in total. The lowest BCUT2D eigenvalue weighted by Gasteiger charge is -2.07. The normalized spacial score (nSPS) is 9.93. The van der Waals surface area contributed by atoms with Crippen molar-refractivity contribution in [1.82, 2.24) is 0 Å². The van der Waals surface area contributed by atoms with E-state index in [9.17, 15) is 3.89 Å². The maximum atomic E-state index is 11.8. The number of aliphatic hydroxyl groups excluding tert-OH is 1. The second-order valence-electron chi connectivity index (χ2n) is 2.31. The van der Waals surface area contributed by atoms with E-state index in [0.717, 1.165) is 4.47 Å². The predicted molar refractivity (Wildman–Crippen MR) is 56.0 cm³/mol. The van der Waals surface area contributed by atoms with E-state index in [1.807, 2.05) is 0 Å². The molecule has 0 radical (unpaired) electrons. The van der Waals surface area contributed by atoms with E-state index in [2.05, 4.69) is 20.1 Å². The highest BCUT2D eigenvalue weighted by atomic mass is 79.9. The summed E-state index contributed by atoms with van der Waals surface area (Å²) in [5, 5.41) is 8.56. The second kappa shape index (κ2) is 6.10. The fraction of sp³-hybridized carbons (Fsp3) is 0.250. The van der Waals surface area contributed by atoms with Crippen LogP contribution in [0, 0.1) is 0 Å². The Bertz CT molecular complexity index is 298. The molecule has 0 saturated carbocycles. The van der Waals surface area contributed by atoms with Crippen LogP contribution in [-0.4, -0.2) is 18.3 Å². The first-order valence-corrected chi connectivity index (χ1v) is 5.20. The Morgan fingerprint density at radius 1 is 1.50 bits per heavy atom. The minimum Gasteiger partial charge on any atom is -0.490 e. The van der Waals surface area contributed by atoms with E-state index >= 15 is 0 Å². The molecule has 14 heavy (non-hydrogen) atoms. The molecule has 0 aliphatic rings. The standard InChI is InChI=1S/C8H8BrFO3S/c9-7-2-1-6(13-14-10)5-8(7)12-4-3-11/h1-2,5,11H,3-4H2. The number of rotatable bonds is 5. The van der Waals surface area contributed by atoms with E-state index in [4.69, 9.17) is 9.84 Å². The van der Waals surface area contributed by atoms with Crippen LogP contribution in [0.5, 0.6) is 11.5 Å². The third kappa shape index (κ3) is 3.36. The zero-order valence-corrected chi connectivity index (χ0v) is 9.48. The lowest BCUT2D eigenvalue weighted by Crippen LogP contribution is -2.02. The van der Waals surface area contributed by atoms with Crippen molar-refractivity contribution in [3.8, 4) is 11.5 Å². The van der Waals surface area contributed by atoms with Gasteiger partial charge in [0, 0.05) is 6.07 Å². The average Bonchev–Trinajstić information content (AvgIpc) is 2.19. The molecule has 0 aromatic heterocycles. The lowest BCUT2D eigenvalue weighted by atomic mass is 10.3. The molecule has 0 fully saturated rings. The van der Waals surface area contributed by atoms with Crippen LogP contribution in [0.2, 0.25) is 0 Å². The van der Waals surface area contributed by atoms with E-state index in [1.54, 1.807) is 12.1 Å². The van der Waals surface area contributed by atoms with Crippen LogP contribution in [0.25, 0.3) is 0 Å². The highest BCUT2D eigenvalue weighted by Gasteiger charge is 2.04. The van der Waals surface area contributed by atoms with Crippen molar-refractivity contribution in [2.45, 2.75) is 0 Å². The van der Waals surface area contributed by atoms with Crippen molar-refractivity contribution in [3.05, 3.63) is 22.7 Å². The minimum atomic E-state index is -0.227. The van der Waals surface area contributed by atoms with Gasteiger partial charge in [0.15, 0.2) is 0 Å². The van der Waals surface area contributed by atoms with Gasteiger partial charge in [-0.15, -0.1) is 3.89 Å². The molecule has 1 aromatic rings. The van der Waals surface area contributed by atoms with Gasteiger partial charge in [0.25, 0.3) is 12.4 Å². The summed E-state index contributed by atoms with van der Waals surface area (Å²) in [4.78, 5) is 0. The number of hydrogen-bond donors (Lipinski definition) is 1. The molecule has 0 saturated heterocycles. The molecule has 0 aliphatic heterocycles. The van der Waals surface area contributed by atoms with Gasteiger partial charge in [-0.3, -0.25) is 0 Å². The third-order valence-corrected chi connectivity index (χ3v) is 2.29. The summed E-state index contributed by atoms with van der Waals surface area (Å²) in [5.74, 6) is 0.860. The minimum absolute atomic E-state index is 0.0740. The smallest absolute Gasteiger partial charge is 0.272 e. The van der Waals surface area contributed by atoms with Gasteiger partial charge < -0.3 is 14.0 Å². The van der Waals surface area contributed by atoms with Gasteiger partial charge in [-0.1, -0.05) is 0 Å². The van der Waals surface area contributed by atoms with Gasteiger partial charge in [0.1, 0.15) is 18.1 Å². The monoisotopic (exact) mass is 282 g/mol. The van der Waals surface area contributed by atoms with E-state index in [1.165, 1.54) is 6.07 Å². The Morgan fingerprint density at radius 2 is 2.29 bits per heavy atom. The molecule has 0 unspecified atom stereocenters. The maximum Gasteiger partial charge on any atom is 0.272 e. The van der Waals surface area contributed by atoms with E-state index in [-0.39, 0.29) is 25.6 Å². The molecular formula is C8H8BrFO3S. The summed E-state index contributed by atoms with van der Waals surface area (Å²) >= 11 is 3.02. The number of hydrogen-bond acceptors (Lipinski definition) is 4. The summed E-state index contributed by atoms with van der Waals surface area (Å²) in [6.45, 7) is 0.111. The van der Waals surface area contributed by atoms with Crippen molar-refractivity contribution in [3.63, 3.8) is 0 Å². The van der Waals surface area contributed by atoms with E-state index < -0.39 is 0 Å². The Morgan fingerprint density at radius 3 is 2.93 bits per heavy atom. The topological polar surface area (TPSA) is 38.7 Å². The fourth-order valence-electron chi connectivity index (χ4n) is 0.838. The summed E-state index contributed by atoms with van der Waals surface area (Å²) in [5.41, 5.74) is 0. The lowest BCUT2D eigenvalue weighted by molar-refractivity contribution is 0.200. The molecular weight excluding hydrogens is 275 g/mol. The van der Waals surface area contributed by atoms with Gasteiger partial charge in [0.05, 0.1) is 11.1 Å². The molecule has 1 rings (SSSR count). The van der Waals surface area contributed by atoms with Gasteiger partial charge in [0.2, 0.25) is 0 Å². The molecule has 1 N–H and O–H groups in total. The van der Waals surface area contributed by atoms with Crippen LogP contribution in [-0.2, 0) is 0 Å². The first-order valence-electron chi connectivity index (χ1n) is 3.76. The van der Waals surface area contributed by atoms with Crippen molar-refractivity contribution in [2.75, 3.05) is 13.2 Å². The van der Waals surface area contributed by atoms with Gasteiger partial charge in [-0.2, -0.15) is 0 Å². The van der Waals surface area contributed by atoms with Crippen LogP contribution >= 0.6 is 28.4 Å². The van der Waals surface area contributed by atoms with Crippen LogP contribution in [0.15, 0.2) is 22.7 Å². The summed E-state index contributed by atoms with van der Waals surface area (Å²) in [6, 6.07) is 4.81. The van der Waals surface area contributed by atoms with Crippen LogP contribution < -0.4 is 8.92 Å². The molecule has 0 aliphatic carbocycles. The van der Waals surface area contributed by atoms with Crippen molar-refractivity contribution >= 4 is 28.4 Å². The Balaban J connectivity index is 2.74. The molecule has 6 heteroatoms. The zero-order valence-electron chi connectivity index (χ0n) is 7.07. The molecule has 0 spiro atoms. The van der Waals surface area contributed by atoms with Crippen LogP contribution in [0.3, 0.4) is 0 Å². The van der Waals surface area contributed by atoms with Crippen LogP contribution in [0.4, 0.5) is 3.89 Å². The van der Waals surface area contributed by atoms with E-state index in [0.29, 0.717) is 11.5 Å². The molecule has 0 heterocycles.